The van der Waals surface area contributed by atoms with Gasteiger partial charge in [0.15, 0.2) is 0 Å². The van der Waals surface area contributed by atoms with E-state index >= 15 is 0 Å². The maximum Gasteiger partial charge on any atom is 0.228 e. The van der Waals surface area contributed by atoms with E-state index in [9.17, 15) is 9.59 Å². The number of carbonyl (C=O) groups excluding carboxylic acids is 2. The second-order valence-electron chi connectivity index (χ2n) is 8.29. The van der Waals surface area contributed by atoms with Gasteiger partial charge in [-0.3, -0.25) is 9.59 Å². The van der Waals surface area contributed by atoms with Gasteiger partial charge in [0.25, 0.3) is 0 Å². The van der Waals surface area contributed by atoms with E-state index in [0.29, 0.717) is 6.42 Å². The number of benzene rings is 1. The van der Waals surface area contributed by atoms with Gasteiger partial charge in [-0.1, -0.05) is 6.92 Å². The van der Waals surface area contributed by atoms with Gasteiger partial charge < -0.3 is 20.0 Å². The number of amides is 2. The first-order valence-corrected chi connectivity index (χ1v) is 10.8. The van der Waals surface area contributed by atoms with E-state index in [2.05, 4.69) is 34.2 Å². The van der Waals surface area contributed by atoms with E-state index in [1.807, 2.05) is 17.0 Å². The Balaban J connectivity index is 1.26. The Labute approximate surface area is 167 Å². The molecule has 1 aliphatic carbocycles. The summed E-state index contributed by atoms with van der Waals surface area (Å²) in [6.45, 7) is 8.87. The Kier molecular flexibility index (Phi) is 5.85. The minimum atomic E-state index is -0.168. The zero-order valence-corrected chi connectivity index (χ0v) is 16.9. The molecule has 2 amide bonds. The summed E-state index contributed by atoms with van der Waals surface area (Å²) in [5.74, 6) is -0.146. The van der Waals surface area contributed by atoms with Crippen LogP contribution in [0, 0.1) is 11.8 Å². The van der Waals surface area contributed by atoms with Crippen LogP contribution < -0.4 is 10.2 Å². The molecule has 1 N–H and O–H groups in total. The maximum atomic E-state index is 12.7. The minimum Gasteiger partial charge on any atom is -0.372 e. The van der Waals surface area contributed by atoms with Crippen molar-refractivity contribution in [1.82, 2.24) is 9.80 Å². The van der Waals surface area contributed by atoms with Crippen molar-refractivity contribution in [1.29, 1.82) is 0 Å². The molecule has 1 aromatic rings. The summed E-state index contributed by atoms with van der Waals surface area (Å²) in [6, 6.07) is 8.13. The fraction of sp³-hybridized carbons (Fsp3) is 0.636. The lowest BCUT2D eigenvalue weighted by Gasteiger charge is -2.34. The molecule has 6 heteroatoms. The number of likely N-dealkylation sites (N-methyl/N-ethyl adjacent to an activating group) is 1. The number of hydrogen-bond acceptors (Lipinski definition) is 4. The van der Waals surface area contributed by atoms with E-state index < -0.39 is 0 Å². The third-order valence-electron chi connectivity index (χ3n) is 6.43. The summed E-state index contributed by atoms with van der Waals surface area (Å²) < 4.78 is 0. The van der Waals surface area contributed by atoms with Crippen molar-refractivity contribution in [3.05, 3.63) is 24.3 Å². The molecule has 152 valence electrons. The van der Waals surface area contributed by atoms with Crippen molar-refractivity contribution in [2.45, 2.75) is 32.6 Å². The number of hydrogen-bond donors (Lipinski definition) is 1. The van der Waals surface area contributed by atoms with E-state index in [1.54, 1.807) is 0 Å². The molecule has 2 unspecified atom stereocenters. The molecule has 0 aromatic heterocycles. The fourth-order valence-corrected chi connectivity index (χ4v) is 4.42. The van der Waals surface area contributed by atoms with Crippen LogP contribution in [-0.4, -0.2) is 67.4 Å². The SMILES string of the molecule is CCN1CCN(C(=O)C2CC2C(=O)Nc2ccc(N3CCCCC3)cc2)CC1. The fourth-order valence-electron chi connectivity index (χ4n) is 4.42. The molecule has 1 saturated carbocycles. The largest absolute Gasteiger partial charge is 0.372 e. The summed E-state index contributed by atoms with van der Waals surface area (Å²) >= 11 is 0. The number of anilines is 2. The molecule has 3 aliphatic rings. The van der Waals surface area contributed by atoms with Gasteiger partial charge in [-0.05, 0) is 56.5 Å². The molecule has 3 fully saturated rings. The Morgan fingerprint density at radius 3 is 2.25 bits per heavy atom. The summed E-state index contributed by atoms with van der Waals surface area (Å²) in [6.07, 6.45) is 4.51. The van der Waals surface area contributed by atoms with Crippen LogP contribution in [0.1, 0.15) is 32.6 Å². The van der Waals surface area contributed by atoms with Crippen molar-refractivity contribution >= 4 is 23.2 Å². The van der Waals surface area contributed by atoms with E-state index in [4.69, 9.17) is 0 Å². The van der Waals surface area contributed by atoms with E-state index in [-0.39, 0.29) is 23.7 Å². The second-order valence-corrected chi connectivity index (χ2v) is 8.29. The smallest absolute Gasteiger partial charge is 0.228 e. The van der Waals surface area contributed by atoms with Gasteiger partial charge in [-0.2, -0.15) is 0 Å². The third-order valence-corrected chi connectivity index (χ3v) is 6.43. The lowest BCUT2D eigenvalue weighted by molar-refractivity contribution is -0.135. The van der Waals surface area contributed by atoms with Gasteiger partial charge in [0, 0.05) is 50.6 Å². The van der Waals surface area contributed by atoms with Crippen LogP contribution >= 0.6 is 0 Å². The maximum absolute atomic E-state index is 12.7. The molecule has 2 saturated heterocycles. The van der Waals surface area contributed by atoms with Gasteiger partial charge in [-0.25, -0.2) is 0 Å². The summed E-state index contributed by atoms with van der Waals surface area (Å²) in [5, 5.41) is 3.00. The van der Waals surface area contributed by atoms with Crippen LogP contribution in [-0.2, 0) is 9.59 Å². The zero-order chi connectivity index (χ0) is 19.5. The molecule has 6 nitrogen and oxygen atoms in total. The number of piperidine rings is 1. The number of nitrogens with zero attached hydrogens (tertiary/aromatic N) is 3. The highest BCUT2D eigenvalue weighted by Gasteiger charge is 2.49. The van der Waals surface area contributed by atoms with Gasteiger partial charge in [0.05, 0.1) is 11.8 Å². The van der Waals surface area contributed by atoms with E-state index in [1.165, 1.54) is 24.9 Å². The van der Waals surface area contributed by atoms with Crippen molar-refractivity contribution < 1.29 is 9.59 Å². The van der Waals surface area contributed by atoms with Crippen molar-refractivity contribution in [2.24, 2.45) is 11.8 Å². The van der Waals surface area contributed by atoms with Crippen LogP contribution in [0.4, 0.5) is 11.4 Å². The van der Waals surface area contributed by atoms with Gasteiger partial charge in [0.1, 0.15) is 0 Å². The summed E-state index contributed by atoms with van der Waals surface area (Å²) in [7, 11) is 0. The Bertz CT molecular complexity index is 691. The van der Waals surface area contributed by atoms with Crippen molar-refractivity contribution in [3.63, 3.8) is 0 Å². The molecular weight excluding hydrogens is 352 g/mol. The Morgan fingerprint density at radius 1 is 0.929 bits per heavy atom. The van der Waals surface area contributed by atoms with Crippen LogP contribution in [0.15, 0.2) is 24.3 Å². The quantitative estimate of drug-likeness (QED) is 0.847. The Hall–Kier alpha value is -2.08. The molecule has 1 aromatic carbocycles. The standard InChI is InChI=1S/C22H32N4O2/c1-2-24-12-14-26(15-13-24)22(28)20-16-19(20)21(27)23-17-6-8-18(9-7-17)25-10-4-3-5-11-25/h6-9,19-20H,2-5,10-16H2,1H3,(H,23,27). The molecule has 2 atom stereocenters. The number of carbonyl (C=O) groups is 2. The zero-order valence-electron chi connectivity index (χ0n) is 16.9. The first-order valence-electron chi connectivity index (χ1n) is 10.8. The van der Waals surface area contributed by atoms with Crippen molar-refractivity contribution in [3.8, 4) is 0 Å². The number of rotatable bonds is 5. The number of nitrogens with one attached hydrogen (secondary N) is 1. The van der Waals surface area contributed by atoms with Crippen LogP contribution in [0.25, 0.3) is 0 Å². The van der Waals surface area contributed by atoms with Crippen LogP contribution in [0.2, 0.25) is 0 Å². The molecule has 2 aliphatic heterocycles. The molecule has 28 heavy (non-hydrogen) atoms. The highest BCUT2D eigenvalue weighted by Crippen LogP contribution is 2.41. The lowest BCUT2D eigenvalue weighted by Crippen LogP contribution is -2.49. The molecule has 0 spiro atoms. The second kappa shape index (κ2) is 8.52. The normalized spacial score (nSPS) is 25.5. The first kappa shape index (κ1) is 19.2. The molecule has 0 bridgehead atoms. The molecule has 0 radical (unpaired) electrons. The van der Waals surface area contributed by atoms with Gasteiger partial charge in [-0.15, -0.1) is 0 Å². The Morgan fingerprint density at radius 2 is 1.61 bits per heavy atom. The van der Waals surface area contributed by atoms with Crippen LogP contribution in [0.3, 0.4) is 0 Å². The molecule has 4 rings (SSSR count). The van der Waals surface area contributed by atoms with Crippen molar-refractivity contribution in [2.75, 3.05) is 56.0 Å². The summed E-state index contributed by atoms with van der Waals surface area (Å²) in [4.78, 5) is 31.9. The summed E-state index contributed by atoms with van der Waals surface area (Å²) in [5.41, 5.74) is 2.05. The minimum absolute atomic E-state index is 0.0173. The average Bonchev–Trinajstić information content (AvgIpc) is 3.56. The lowest BCUT2D eigenvalue weighted by atomic mass is 10.1. The third kappa shape index (κ3) is 4.32. The monoisotopic (exact) mass is 384 g/mol. The van der Waals surface area contributed by atoms with E-state index in [0.717, 1.165) is 51.5 Å². The highest BCUT2D eigenvalue weighted by molar-refractivity contribution is 5.99. The van der Waals surface area contributed by atoms with Crippen LogP contribution in [0.5, 0.6) is 0 Å². The number of piperazine rings is 1. The predicted octanol–water partition coefficient (Wildman–Crippen LogP) is 2.42. The first-order chi connectivity index (χ1) is 13.7. The predicted molar refractivity (Wildman–Crippen MR) is 111 cm³/mol. The molecule has 2 heterocycles. The van der Waals surface area contributed by atoms with Gasteiger partial charge >= 0.3 is 0 Å². The average molecular weight is 385 g/mol. The topological polar surface area (TPSA) is 55.9 Å². The van der Waals surface area contributed by atoms with Gasteiger partial charge in [0.2, 0.25) is 11.8 Å². The molecular formula is C22H32N4O2. The highest BCUT2D eigenvalue weighted by atomic mass is 16.2.